The fraction of sp³-hybridized carbons (Fsp3) is 0.150. The summed E-state index contributed by atoms with van der Waals surface area (Å²) in [5.41, 5.74) is 1.03. The van der Waals surface area contributed by atoms with Crippen LogP contribution in [0.15, 0.2) is 48.5 Å². The Hall–Kier alpha value is -3.55. The van der Waals surface area contributed by atoms with Crippen LogP contribution < -0.4 is 5.32 Å². The standard InChI is InChI=1S/C20H17F2NO5/c1-12(19(25)23-15-8-9-16(21)17(22)11-15)28-18(24)10-5-13-3-6-14(7-4-13)20(26)27-2/h3-12H,1-2H3,(H,23,25)/b10-5+/t12-/m1/s1. The second kappa shape index (κ2) is 9.40. The molecule has 1 N–H and O–H groups in total. The van der Waals surface area contributed by atoms with Gasteiger partial charge in [0.1, 0.15) is 0 Å². The van der Waals surface area contributed by atoms with E-state index in [1.807, 2.05) is 0 Å². The number of hydrogen-bond donors (Lipinski definition) is 1. The third kappa shape index (κ3) is 5.73. The zero-order valence-electron chi connectivity index (χ0n) is 15.1. The van der Waals surface area contributed by atoms with E-state index >= 15 is 0 Å². The molecule has 0 aliphatic carbocycles. The highest BCUT2D eigenvalue weighted by Gasteiger charge is 2.17. The lowest BCUT2D eigenvalue weighted by molar-refractivity contribution is -0.148. The highest BCUT2D eigenvalue weighted by Crippen LogP contribution is 2.14. The van der Waals surface area contributed by atoms with Crippen LogP contribution in [-0.2, 0) is 19.1 Å². The maximum Gasteiger partial charge on any atom is 0.337 e. The zero-order valence-corrected chi connectivity index (χ0v) is 15.1. The predicted molar refractivity (Wildman–Crippen MR) is 97.4 cm³/mol. The van der Waals surface area contributed by atoms with Crippen LogP contribution in [0.2, 0.25) is 0 Å². The van der Waals surface area contributed by atoms with Gasteiger partial charge in [0.2, 0.25) is 0 Å². The quantitative estimate of drug-likeness (QED) is 0.605. The van der Waals surface area contributed by atoms with E-state index in [2.05, 4.69) is 10.1 Å². The number of rotatable bonds is 6. The molecule has 0 spiro atoms. The van der Waals surface area contributed by atoms with Gasteiger partial charge in [-0.1, -0.05) is 12.1 Å². The summed E-state index contributed by atoms with van der Waals surface area (Å²) in [6.45, 7) is 1.34. The number of anilines is 1. The van der Waals surface area contributed by atoms with Gasteiger partial charge in [0.25, 0.3) is 5.91 Å². The molecule has 8 heteroatoms. The number of ether oxygens (including phenoxy) is 2. The van der Waals surface area contributed by atoms with Crippen molar-refractivity contribution in [3.8, 4) is 0 Å². The van der Waals surface area contributed by atoms with Crippen molar-refractivity contribution in [2.24, 2.45) is 0 Å². The van der Waals surface area contributed by atoms with Crippen molar-refractivity contribution in [1.29, 1.82) is 0 Å². The van der Waals surface area contributed by atoms with Gasteiger partial charge in [-0.25, -0.2) is 18.4 Å². The maximum absolute atomic E-state index is 13.1. The van der Waals surface area contributed by atoms with Crippen molar-refractivity contribution >= 4 is 29.6 Å². The van der Waals surface area contributed by atoms with Gasteiger partial charge in [-0.2, -0.15) is 0 Å². The summed E-state index contributed by atoms with van der Waals surface area (Å²) in [4.78, 5) is 35.2. The number of hydrogen-bond acceptors (Lipinski definition) is 5. The van der Waals surface area contributed by atoms with Crippen molar-refractivity contribution in [2.45, 2.75) is 13.0 Å². The van der Waals surface area contributed by atoms with E-state index in [1.165, 1.54) is 38.3 Å². The Kier molecular flexibility index (Phi) is 6.97. The van der Waals surface area contributed by atoms with E-state index < -0.39 is 35.6 Å². The van der Waals surface area contributed by atoms with Crippen molar-refractivity contribution in [3.05, 3.63) is 71.3 Å². The molecule has 0 saturated heterocycles. The third-order valence-corrected chi connectivity index (χ3v) is 3.59. The molecule has 2 aromatic rings. The molecule has 1 amide bonds. The third-order valence-electron chi connectivity index (χ3n) is 3.59. The average Bonchev–Trinajstić information content (AvgIpc) is 2.69. The van der Waals surface area contributed by atoms with Gasteiger partial charge < -0.3 is 14.8 Å². The van der Waals surface area contributed by atoms with E-state index in [1.54, 1.807) is 12.1 Å². The summed E-state index contributed by atoms with van der Waals surface area (Å²) >= 11 is 0. The molecule has 0 bridgehead atoms. The Morgan fingerprint density at radius 2 is 1.71 bits per heavy atom. The van der Waals surface area contributed by atoms with E-state index in [9.17, 15) is 23.2 Å². The Morgan fingerprint density at radius 3 is 2.32 bits per heavy atom. The number of esters is 2. The molecule has 6 nitrogen and oxygen atoms in total. The normalized spacial score (nSPS) is 11.7. The molecule has 0 aliphatic rings. The molecule has 0 saturated carbocycles. The second-order valence-corrected chi connectivity index (χ2v) is 5.64. The van der Waals surface area contributed by atoms with Crippen LogP contribution in [-0.4, -0.2) is 31.1 Å². The first-order valence-corrected chi connectivity index (χ1v) is 8.13. The van der Waals surface area contributed by atoms with Crippen LogP contribution in [0, 0.1) is 11.6 Å². The summed E-state index contributed by atoms with van der Waals surface area (Å²) in [6, 6.07) is 9.16. The summed E-state index contributed by atoms with van der Waals surface area (Å²) in [5.74, 6) is -4.10. The fourth-order valence-corrected chi connectivity index (χ4v) is 2.10. The Balaban J connectivity index is 1.90. The van der Waals surface area contributed by atoms with Crippen molar-refractivity contribution in [3.63, 3.8) is 0 Å². The van der Waals surface area contributed by atoms with Gasteiger partial charge in [-0.3, -0.25) is 4.79 Å². The molecule has 1 atom stereocenters. The fourth-order valence-electron chi connectivity index (χ4n) is 2.10. The largest absolute Gasteiger partial charge is 0.465 e. The van der Waals surface area contributed by atoms with Crippen LogP contribution in [0.4, 0.5) is 14.5 Å². The lowest BCUT2D eigenvalue weighted by atomic mass is 10.1. The molecule has 28 heavy (non-hydrogen) atoms. The SMILES string of the molecule is COC(=O)c1ccc(/C=C/C(=O)O[C@H](C)C(=O)Nc2ccc(F)c(F)c2)cc1. The van der Waals surface area contributed by atoms with Crippen LogP contribution in [0.3, 0.4) is 0 Å². The lowest BCUT2D eigenvalue weighted by Crippen LogP contribution is -2.29. The minimum atomic E-state index is -1.16. The minimum absolute atomic E-state index is 0.0352. The number of amides is 1. The van der Waals surface area contributed by atoms with Crippen LogP contribution in [0.25, 0.3) is 6.08 Å². The predicted octanol–water partition coefficient (Wildman–Crippen LogP) is 3.34. The molecule has 2 aromatic carbocycles. The van der Waals surface area contributed by atoms with Gasteiger partial charge in [0.05, 0.1) is 12.7 Å². The summed E-state index contributed by atoms with van der Waals surface area (Å²) in [7, 11) is 1.27. The van der Waals surface area contributed by atoms with Crippen molar-refractivity contribution in [1.82, 2.24) is 0 Å². The molecule has 0 aliphatic heterocycles. The maximum atomic E-state index is 13.1. The topological polar surface area (TPSA) is 81.7 Å². The van der Waals surface area contributed by atoms with E-state index in [0.717, 1.165) is 18.2 Å². The van der Waals surface area contributed by atoms with Crippen LogP contribution >= 0.6 is 0 Å². The Morgan fingerprint density at radius 1 is 1.04 bits per heavy atom. The van der Waals surface area contributed by atoms with Gasteiger partial charge >= 0.3 is 11.9 Å². The Bertz CT molecular complexity index is 909. The molecule has 146 valence electrons. The number of benzene rings is 2. The number of halogens is 2. The molecule has 0 fully saturated rings. The van der Waals surface area contributed by atoms with E-state index in [-0.39, 0.29) is 5.69 Å². The van der Waals surface area contributed by atoms with Crippen LogP contribution in [0.5, 0.6) is 0 Å². The zero-order chi connectivity index (χ0) is 20.7. The molecule has 0 aromatic heterocycles. The molecular weight excluding hydrogens is 372 g/mol. The highest BCUT2D eigenvalue weighted by molar-refractivity contribution is 5.96. The molecular formula is C20H17F2NO5. The van der Waals surface area contributed by atoms with Gasteiger partial charge in [-0.15, -0.1) is 0 Å². The lowest BCUT2D eigenvalue weighted by Gasteiger charge is -2.12. The van der Waals surface area contributed by atoms with Crippen molar-refractivity contribution < 1.29 is 32.6 Å². The minimum Gasteiger partial charge on any atom is -0.465 e. The van der Waals surface area contributed by atoms with Gasteiger partial charge in [-0.05, 0) is 42.8 Å². The number of carbonyl (C=O) groups excluding carboxylic acids is 3. The van der Waals surface area contributed by atoms with Gasteiger partial charge in [0, 0.05) is 17.8 Å². The summed E-state index contributed by atoms with van der Waals surface area (Å²) in [5, 5.41) is 2.32. The first-order valence-electron chi connectivity index (χ1n) is 8.13. The molecule has 0 unspecified atom stereocenters. The average molecular weight is 389 g/mol. The monoisotopic (exact) mass is 389 g/mol. The number of carbonyl (C=O) groups is 3. The van der Waals surface area contributed by atoms with Crippen molar-refractivity contribution in [2.75, 3.05) is 12.4 Å². The first kappa shape index (κ1) is 20.8. The second-order valence-electron chi connectivity index (χ2n) is 5.64. The van der Waals surface area contributed by atoms with Crippen LogP contribution in [0.1, 0.15) is 22.8 Å². The number of nitrogens with one attached hydrogen (secondary N) is 1. The summed E-state index contributed by atoms with van der Waals surface area (Å²) in [6.07, 6.45) is 1.41. The highest BCUT2D eigenvalue weighted by atomic mass is 19.2. The molecule has 0 radical (unpaired) electrons. The van der Waals surface area contributed by atoms with E-state index in [4.69, 9.17) is 4.74 Å². The van der Waals surface area contributed by atoms with E-state index in [0.29, 0.717) is 11.1 Å². The smallest absolute Gasteiger partial charge is 0.337 e. The molecule has 2 rings (SSSR count). The molecule has 0 heterocycles. The van der Waals surface area contributed by atoms with Gasteiger partial charge in [0.15, 0.2) is 17.7 Å². The number of methoxy groups -OCH3 is 1. The summed E-state index contributed by atoms with van der Waals surface area (Å²) < 4.78 is 35.6. The first-order chi connectivity index (χ1) is 13.3. The Labute approximate surface area is 159 Å².